The maximum absolute atomic E-state index is 5.48. The molecule has 86 valence electrons. The maximum Gasteiger partial charge on any atom is 0.249 e. The van der Waals surface area contributed by atoms with Gasteiger partial charge in [0.05, 0.1) is 12.1 Å². The van der Waals surface area contributed by atoms with Crippen LogP contribution in [0, 0.1) is 0 Å². The highest BCUT2D eigenvalue weighted by Crippen LogP contribution is 2.28. The first kappa shape index (κ1) is 10.0. The molecule has 0 aliphatic carbocycles. The number of aromatic nitrogens is 3. The second-order valence-electron chi connectivity index (χ2n) is 3.88. The van der Waals surface area contributed by atoms with Gasteiger partial charge < -0.3 is 14.7 Å². The zero-order chi connectivity index (χ0) is 11.8. The van der Waals surface area contributed by atoms with Crippen molar-refractivity contribution in [3.8, 4) is 11.5 Å². The number of nitrogens with two attached hydrogens (primary N) is 1. The Balaban J connectivity index is 2.23. The lowest BCUT2D eigenvalue weighted by Gasteiger charge is -1.93. The van der Waals surface area contributed by atoms with Gasteiger partial charge in [0.1, 0.15) is 0 Å². The van der Waals surface area contributed by atoms with Crippen LogP contribution in [-0.4, -0.2) is 14.8 Å². The Morgan fingerprint density at radius 3 is 2.88 bits per heavy atom. The van der Waals surface area contributed by atoms with Crippen molar-refractivity contribution in [3.63, 3.8) is 0 Å². The summed E-state index contributed by atoms with van der Waals surface area (Å²) in [7, 11) is 1.99. The van der Waals surface area contributed by atoms with E-state index in [9.17, 15) is 0 Å². The van der Waals surface area contributed by atoms with Crippen LogP contribution in [0.3, 0.4) is 0 Å². The van der Waals surface area contributed by atoms with Crippen LogP contribution in [0.5, 0.6) is 0 Å². The van der Waals surface area contributed by atoms with E-state index in [2.05, 4.69) is 16.3 Å². The molecule has 0 radical (unpaired) electrons. The molecular formula is C12H12N4O. The van der Waals surface area contributed by atoms with Crippen LogP contribution in [0.4, 0.5) is 0 Å². The van der Waals surface area contributed by atoms with Gasteiger partial charge in [-0.3, -0.25) is 0 Å². The number of benzene rings is 1. The molecule has 1 aromatic carbocycles. The molecule has 2 heterocycles. The third-order valence-electron chi connectivity index (χ3n) is 2.77. The molecule has 3 aromatic rings. The number of rotatable bonds is 2. The quantitative estimate of drug-likeness (QED) is 0.724. The van der Waals surface area contributed by atoms with Crippen molar-refractivity contribution in [3.05, 3.63) is 36.4 Å². The van der Waals surface area contributed by atoms with Crippen molar-refractivity contribution >= 4 is 10.9 Å². The van der Waals surface area contributed by atoms with Crippen molar-refractivity contribution in [1.29, 1.82) is 0 Å². The van der Waals surface area contributed by atoms with Crippen molar-refractivity contribution in [2.75, 3.05) is 0 Å². The van der Waals surface area contributed by atoms with E-state index in [1.807, 2.05) is 36.0 Å². The Bertz CT molecular complexity index is 668. The molecular weight excluding hydrogens is 216 g/mol. The molecule has 0 amide bonds. The summed E-state index contributed by atoms with van der Waals surface area (Å²) in [6.45, 7) is 0.262. The van der Waals surface area contributed by atoms with Gasteiger partial charge in [-0.2, -0.15) is 0 Å². The number of para-hydroxylation sites is 1. The van der Waals surface area contributed by atoms with Crippen LogP contribution in [0.25, 0.3) is 22.4 Å². The smallest absolute Gasteiger partial charge is 0.249 e. The standard InChI is InChI=1S/C12H12N4O/c1-16-7-9(8-4-2-3-5-10(8)16)12-15-14-11(6-13)17-12/h2-5,7H,6,13H2,1H3. The SMILES string of the molecule is Cn1cc(-c2nnc(CN)o2)c2ccccc21. The normalized spacial score (nSPS) is 11.2. The first-order valence-corrected chi connectivity index (χ1v) is 5.36. The Kier molecular flexibility index (Phi) is 2.19. The third-order valence-corrected chi connectivity index (χ3v) is 2.77. The van der Waals surface area contributed by atoms with Crippen molar-refractivity contribution in [1.82, 2.24) is 14.8 Å². The molecule has 3 rings (SSSR count). The molecule has 0 bridgehead atoms. The lowest BCUT2D eigenvalue weighted by molar-refractivity contribution is 0.509. The predicted molar refractivity (Wildman–Crippen MR) is 64.1 cm³/mol. The molecule has 0 fully saturated rings. The van der Waals surface area contributed by atoms with Crippen molar-refractivity contribution in [2.45, 2.75) is 6.54 Å². The van der Waals surface area contributed by atoms with E-state index in [0.29, 0.717) is 11.8 Å². The van der Waals surface area contributed by atoms with Gasteiger partial charge in [-0.05, 0) is 6.07 Å². The number of hydrogen-bond donors (Lipinski definition) is 1. The number of nitrogens with zero attached hydrogens (tertiary/aromatic N) is 3. The highest BCUT2D eigenvalue weighted by atomic mass is 16.4. The van der Waals surface area contributed by atoms with Crippen molar-refractivity contribution < 1.29 is 4.42 Å². The molecule has 0 aliphatic rings. The fourth-order valence-corrected chi connectivity index (χ4v) is 1.96. The van der Waals surface area contributed by atoms with Gasteiger partial charge in [0.15, 0.2) is 0 Å². The largest absolute Gasteiger partial charge is 0.419 e. The lowest BCUT2D eigenvalue weighted by atomic mass is 10.2. The maximum atomic E-state index is 5.48. The summed E-state index contributed by atoms with van der Waals surface area (Å²) >= 11 is 0. The second kappa shape index (κ2) is 3.71. The van der Waals surface area contributed by atoms with Gasteiger partial charge >= 0.3 is 0 Å². The molecule has 0 saturated carbocycles. The molecule has 0 atom stereocenters. The monoisotopic (exact) mass is 228 g/mol. The van der Waals surface area contributed by atoms with Crippen LogP contribution in [-0.2, 0) is 13.6 Å². The van der Waals surface area contributed by atoms with Crippen molar-refractivity contribution in [2.24, 2.45) is 12.8 Å². The van der Waals surface area contributed by atoms with Crippen LogP contribution < -0.4 is 5.73 Å². The Morgan fingerprint density at radius 2 is 2.12 bits per heavy atom. The molecule has 2 N–H and O–H groups in total. The number of fused-ring (bicyclic) bond motifs is 1. The first-order valence-electron chi connectivity index (χ1n) is 5.36. The van der Waals surface area contributed by atoms with Gasteiger partial charge in [-0.1, -0.05) is 18.2 Å². The highest BCUT2D eigenvalue weighted by molar-refractivity contribution is 5.93. The summed E-state index contributed by atoms with van der Waals surface area (Å²) in [5.74, 6) is 0.968. The topological polar surface area (TPSA) is 69.9 Å². The summed E-state index contributed by atoms with van der Waals surface area (Å²) in [6.07, 6.45) is 1.98. The Morgan fingerprint density at radius 1 is 1.29 bits per heavy atom. The van der Waals surface area contributed by atoms with E-state index in [4.69, 9.17) is 10.2 Å². The van der Waals surface area contributed by atoms with Gasteiger partial charge in [-0.15, -0.1) is 10.2 Å². The first-order chi connectivity index (χ1) is 8.29. The minimum atomic E-state index is 0.262. The predicted octanol–water partition coefficient (Wildman–Crippen LogP) is 1.69. The average molecular weight is 228 g/mol. The second-order valence-corrected chi connectivity index (χ2v) is 3.88. The molecule has 17 heavy (non-hydrogen) atoms. The van der Waals surface area contributed by atoms with E-state index in [1.165, 1.54) is 0 Å². The highest BCUT2D eigenvalue weighted by Gasteiger charge is 2.13. The summed E-state index contributed by atoms with van der Waals surface area (Å²) in [5.41, 5.74) is 7.53. The molecule has 0 aliphatic heterocycles. The van der Waals surface area contributed by atoms with E-state index < -0.39 is 0 Å². The van der Waals surface area contributed by atoms with Crippen LogP contribution in [0.15, 0.2) is 34.9 Å². The zero-order valence-electron chi connectivity index (χ0n) is 9.42. The molecule has 2 aromatic heterocycles. The number of aryl methyl sites for hydroxylation is 1. The lowest BCUT2D eigenvalue weighted by Crippen LogP contribution is -1.95. The Hall–Kier alpha value is -2.14. The summed E-state index contributed by atoms with van der Waals surface area (Å²) < 4.78 is 7.52. The summed E-state index contributed by atoms with van der Waals surface area (Å²) in [5, 5.41) is 8.99. The fourth-order valence-electron chi connectivity index (χ4n) is 1.96. The van der Waals surface area contributed by atoms with Crippen LogP contribution in [0.1, 0.15) is 5.89 Å². The minimum Gasteiger partial charge on any atom is -0.419 e. The van der Waals surface area contributed by atoms with Gasteiger partial charge in [0, 0.05) is 24.1 Å². The molecule has 0 spiro atoms. The van der Waals surface area contributed by atoms with Crippen LogP contribution in [0.2, 0.25) is 0 Å². The van der Waals surface area contributed by atoms with E-state index in [-0.39, 0.29) is 6.54 Å². The summed E-state index contributed by atoms with van der Waals surface area (Å²) in [6, 6.07) is 8.09. The van der Waals surface area contributed by atoms with Gasteiger partial charge in [-0.25, -0.2) is 0 Å². The van der Waals surface area contributed by atoms with Gasteiger partial charge in [0.25, 0.3) is 0 Å². The molecule has 0 saturated heterocycles. The minimum absolute atomic E-state index is 0.262. The van der Waals surface area contributed by atoms with E-state index in [1.54, 1.807) is 0 Å². The molecule has 5 heteroatoms. The van der Waals surface area contributed by atoms with E-state index >= 15 is 0 Å². The Labute approximate surface area is 97.9 Å². The average Bonchev–Trinajstić information content (AvgIpc) is 2.95. The summed E-state index contributed by atoms with van der Waals surface area (Å²) in [4.78, 5) is 0. The zero-order valence-corrected chi connectivity index (χ0v) is 9.42. The fraction of sp³-hybridized carbons (Fsp3) is 0.167. The number of hydrogen-bond acceptors (Lipinski definition) is 4. The van der Waals surface area contributed by atoms with E-state index in [0.717, 1.165) is 16.5 Å². The third kappa shape index (κ3) is 1.52. The van der Waals surface area contributed by atoms with Crippen LogP contribution >= 0.6 is 0 Å². The van der Waals surface area contributed by atoms with Gasteiger partial charge in [0.2, 0.25) is 11.8 Å². The molecule has 0 unspecified atom stereocenters. The molecule has 5 nitrogen and oxygen atoms in total.